The second-order valence-electron chi connectivity index (χ2n) is 5.01. The molecule has 0 aliphatic rings. The van der Waals surface area contributed by atoms with Crippen molar-refractivity contribution in [3.8, 4) is 0 Å². The third-order valence-electron chi connectivity index (χ3n) is 3.45. The molecule has 2 rings (SSSR count). The third kappa shape index (κ3) is 3.45. The van der Waals surface area contributed by atoms with E-state index in [1.54, 1.807) is 6.07 Å². The van der Waals surface area contributed by atoms with Crippen LogP contribution in [0, 0.1) is 13.8 Å². The van der Waals surface area contributed by atoms with Crippen LogP contribution >= 0.6 is 0 Å². The van der Waals surface area contributed by atoms with E-state index in [2.05, 4.69) is 31.3 Å². The fourth-order valence-electron chi connectivity index (χ4n) is 2.04. The van der Waals surface area contributed by atoms with Crippen LogP contribution in [0.25, 0.3) is 0 Å². The highest BCUT2D eigenvalue weighted by atomic mass is 16.1. The van der Waals surface area contributed by atoms with E-state index < -0.39 is 0 Å². The maximum Gasteiger partial charge on any atom is 0.251 e. The molecule has 0 aliphatic carbocycles. The van der Waals surface area contributed by atoms with Gasteiger partial charge in [-0.1, -0.05) is 30.3 Å². The molecule has 0 aliphatic heterocycles. The number of hydrogen-bond acceptors (Lipinski definition) is 2. The monoisotopic (exact) mass is 268 g/mol. The molecule has 0 heterocycles. The molecule has 2 aromatic rings. The largest absolute Gasteiger partial charge is 0.348 e. The summed E-state index contributed by atoms with van der Waals surface area (Å²) in [5.74, 6) is -0.0708. The van der Waals surface area contributed by atoms with Crippen LogP contribution in [0.4, 0.5) is 0 Å². The Labute approximate surface area is 119 Å². The lowest BCUT2D eigenvalue weighted by molar-refractivity contribution is 0.0951. The number of nitrogens with two attached hydrogens (primary N) is 1. The smallest absolute Gasteiger partial charge is 0.251 e. The van der Waals surface area contributed by atoms with Gasteiger partial charge in [0.15, 0.2) is 0 Å². The average Bonchev–Trinajstić information content (AvgIpc) is 2.48. The molecular weight excluding hydrogens is 248 g/mol. The van der Waals surface area contributed by atoms with Crippen LogP contribution in [-0.2, 0) is 13.1 Å². The molecule has 1 amide bonds. The van der Waals surface area contributed by atoms with Gasteiger partial charge in [0.05, 0.1) is 0 Å². The topological polar surface area (TPSA) is 55.1 Å². The minimum absolute atomic E-state index is 0.0708. The molecule has 3 heteroatoms. The second-order valence-corrected chi connectivity index (χ2v) is 5.01. The van der Waals surface area contributed by atoms with Crippen LogP contribution in [0.15, 0.2) is 42.5 Å². The lowest BCUT2D eigenvalue weighted by atomic mass is 10.1. The normalized spacial score (nSPS) is 10.3. The number of hydrogen-bond donors (Lipinski definition) is 2. The fraction of sp³-hybridized carbons (Fsp3) is 0.235. The number of benzene rings is 2. The predicted molar refractivity (Wildman–Crippen MR) is 81.4 cm³/mol. The van der Waals surface area contributed by atoms with Crippen molar-refractivity contribution in [3.05, 3.63) is 70.3 Å². The van der Waals surface area contributed by atoms with Crippen LogP contribution in [0.3, 0.4) is 0 Å². The predicted octanol–water partition coefficient (Wildman–Crippen LogP) is 2.69. The van der Waals surface area contributed by atoms with Gasteiger partial charge in [0.1, 0.15) is 0 Å². The van der Waals surface area contributed by atoms with Crippen LogP contribution in [0.1, 0.15) is 32.6 Å². The molecule has 3 nitrogen and oxygen atoms in total. The van der Waals surface area contributed by atoms with Crippen molar-refractivity contribution < 1.29 is 4.79 Å². The standard InChI is InChI=1S/C17H20N2O/c1-12-6-7-15(8-13(12)2)11-19-17(20)16-5-3-4-14(9-16)10-18/h3-9H,10-11,18H2,1-2H3,(H,19,20). The SMILES string of the molecule is Cc1ccc(CNC(=O)c2cccc(CN)c2)cc1C. The van der Waals surface area contributed by atoms with E-state index in [9.17, 15) is 4.79 Å². The number of carbonyl (C=O) groups excluding carboxylic acids is 1. The molecule has 0 spiro atoms. The van der Waals surface area contributed by atoms with E-state index in [1.165, 1.54) is 11.1 Å². The van der Waals surface area contributed by atoms with Crippen LogP contribution in [-0.4, -0.2) is 5.91 Å². The van der Waals surface area contributed by atoms with E-state index in [0.717, 1.165) is 11.1 Å². The van der Waals surface area contributed by atoms with E-state index in [1.807, 2.05) is 24.3 Å². The van der Waals surface area contributed by atoms with Crippen molar-refractivity contribution in [1.82, 2.24) is 5.32 Å². The number of amides is 1. The molecule has 20 heavy (non-hydrogen) atoms. The van der Waals surface area contributed by atoms with Gasteiger partial charge in [0.25, 0.3) is 5.91 Å². The molecule has 0 saturated carbocycles. The van der Waals surface area contributed by atoms with Gasteiger partial charge in [-0.25, -0.2) is 0 Å². The van der Waals surface area contributed by atoms with Crippen LogP contribution in [0.2, 0.25) is 0 Å². The van der Waals surface area contributed by atoms with Gasteiger partial charge in [-0.2, -0.15) is 0 Å². The Morgan fingerprint density at radius 1 is 1.05 bits per heavy atom. The van der Waals surface area contributed by atoms with Gasteiger partial charge in [-0.05, 0) is 48.2 Å². The molecule has 3 N–H and O–H groups in total. The second kappa shape index (κ2) is 6.35. The summed E-state index contributed by atoms with van der Waals surface area (Å²) in [6, 6.07) is 13.6. The first kappa shape index (κ1) is 14.3. The summed E-state index contributed by atoms with van der Waals surface area (Å²) >= 11 is 0. The zero-order chi connectivity index (χ0) is 14.5. The molecule has 104 valence electrons. The quantitative estimate of drug-likeness (QED) is 0.895. The minimum Gasteiger partial charge on any atom is -0.348 e. The summed E-state index contributed by atoms with van der Waals surface area (Å²) in [5.41, 5.74) is 10.8. The first-order chi connectivity index (χ1) is 9.60. The van der Waals surface area contributed by atoms with Gasteiger partial charge in [-0.15, -0.1) is 0 Å². The highest BCUT2D eigenvalue weighted by Crippen LogP contribution is 2.10. The summed E-state index contributed by atoms with van der Waals surface area (Å²) in [5, 5.41) is 2.93. The van der Waals surface area contributed by atoms with Gasteiger partial charge < -0.3 is 11.1 Å². The molecule has 0 saturated heterocycles. The molecule has 0 aromatic heterocycles. The average molecular weight is 268 g/mol. The number of rotatable bonds is 4. The molecule has 0 atom stereocenters. The van der Waals surface area contributed by atoms with Crippen molar-refractivity contribution in [1.29, 1.82) is 0 Å². The first-order valence-electron chi connectivity index (χ1n) is 6.73. The summed E-state index contributed by atoms with van der Waals surface area (Å²) in [6.07, 6.45) is 0. The molecule has 0 radical (unpaired) electrons. The van der Waals surface area contributed by atoms with E-state index >= 15 is 0 Å². The maximum absolute atomic E-state index is 12.1. The molecule has 0 unspecified atom stereocenters. The van der Waals surface area contributed by atoms with E-state index in [-0.39, 0.29) is 5.91 Å². The summed E-state index contributed by atoms with van der Waals surface area (Å²) in [6.45, 7) is 5.13. The Kier molecular flexibility index (Phi) is 4.53. The van der Waals surface area contributed by atoms with Gasteiger partial charge in [0, 0.05) is 18.7 Å². The zero-order valence-corrected chi connectivity index (χ0v) is 11.9. The summed E-state index contributed by atoms with van der Waals surface area (Å²) in [4.78, 5) is 12.1. The lowest BCUT2D eigenvalue weighted by Gasteiger charge is -2.08. The lowest BCUT2D eigenvalue weighted by Crippen LogP contribution is -2.23. The Bertz CT molecular complexity index is 620. The first-order valence-corrected chi connectivity index (χ1v) is 6.73. The van der Waals surface area contributed by atoms with Crippen LogP contribution < -0.4 is 11.1 Å². The van der Waals surface area contributed by atoms with E-state index in [0.29, 0.717) is 18.7 Å². The molecule has 0 fully saturated rings. The Morgan fingerprint density at radius 2 is 1.85 bits per heavy atom. The Balaban J connectivity index is 2.02. The van der Waals surface area contributed by atoms with Crippen molar-refractivity contribution in [2.45, 2.75) is 26.9 Å². The highest BCUT2D eigenvalue weighted by molar-refractivity contribution is 5.94. The molecule has 2 aromatic carbocycles. The van der Waals surface area contributed by atoms with Gasteiger partial charge >= 0.3 is 0 Å². The van der Waals surface area contributed by atoms with E-state index in [4.69, 9.17) is 5.73 Å². The van der Waals surface area contributed by atoms with Gasteiger partial charge in [0.2, 0.25) is 0 Å². The Morgan fingerprint density at radius 3 is 2.55 bits per heavy atom. The van der Waals surface area contributed by atoms with Crippen molar-refractivity contribution in [2.24, 2.45) is 5.73 Å². The van der Waals surface area contributed by atoms with Crippen LogP contribution in [0.5, 0.6) is 0 Å². The summed E-state index contributed by atoms with van der Waals surface area (Å²) in [7, 11) is 0. The molecular formula is C17H20N2O. The zero-order valence-electron chi connectivity index (χ0n) is 11.9. The fourth-order valence-corrected chi connectivity index (χ4v) is 2.04. The number of nitrogens with one attached hydrogen (secondary N) is 1. The van der Waals surface area contributed by atoms with Crippen molar-refractivity contribution in [3.63, 3.8) is 0 Å². The summed E-state index contributed by atoms with van der Waals surface area (Å²) < 4.78 is 0. The number of carbonyl (C=O) groups is 1. The van der Waals surface area contributed by atoms with Crippen molar-refractivity contribution >= 4 is 5.91 Å². The minimum atomic E-state index is -0.0708. The Hall–Kier alpha value is -2.13. The van der Waals surface area contributed by atoms with Gasteiger partial charge in [-0.3, -0.25) is 4.79 Å². The third-order valence-corrected chi connectivity index (χ3v) is 3.45. The number of aryl methyl sites for hydroxylation is 2. The van der Waals surface area contributed by atoms with Crippen molar-refractivity contribution in [2.75, 3.05) is 0 Å². The highest BCUT2D eigenvalue weighted by Gasteiger charge is 2.06. The maximum atomic E-state index is 12.1. The molecule has 0 bridgehead atoms.